The van der Waals surface area contributed by atoms with Crippen LogP contribution in [0.2, 0.25) is 0 Å². The van der Waals surface area contributed by atoms with Crippen LogP contribution in [0.5, 0.6) is 0 Å². The number of carbonyl (C=O) groups excluding carboxylic acids is 1. The molecule has 0 aliphatic heterocycles. The van der Waals surface area contributed by atoms with Crippen LogP contribution in [0.25, 0.3) is 0 Å². The van der Waals surface area contributed by atoms with E-state index in [1.165, 1.54) is 18.3 Å². The quantitative estimate of drug-likeness (QED) is 0.735. The molecular formula is C20H18FN3O. The second-order valence-electron chi connectivity index (χ2n) is 5.71. The van der Waals surface area contributed by atoms with Crippen LogP contribution in [0.15, 0.2) is 67.0 Å². The minimum atomic E-state index is -0.297. The minimum absolute atomic E-state index is 0.231. The molecule has 0 saturated heterocycles. The van der Waals surface area contributed by atoms with Crippen LogP contribution in [0.1, 0.15) is 21.5 Å². The number of hydrogen-bond acceptors (Lipinski definition) is 3. The average Bonchev–Trinajstić information content (AvgIpc) is 2.63. The summed E-state index contributed by atoms with van der Waals surface area (Å²) in [6.45, 7) is 2.34. The third-order valence-corrected chi connectivity index (χ3v) is 3.79. The van der Waals surface area contributed by atoms with E-state index in [4.69, 9.17) is 0 Å². The Morgan fingerprint density at radius 2 is 1.84 bits per heavy atom. The summed E-state index contributed by atoms with van der Waals surface area (Å²) in [4.78, 5) is 16.4. The molecule has 2 N–H and O–H groups in total. The van der Waals surface area contributed by atoms with Crippen LogP contribution < -0.4 is 10.6 Å². The number of pyridine rings is 1. The van der Waals surface area contributed by atoms with Gasteiger partial charge in [0.15, 0.2) is 0 Å². The Labute approximate surface area is 145 Å². The summed E-state index contributed by atoms with van der Waals surface area (Å²) in [5, 5.41) is 6.07. The lowest BCUT2D eigenvalue weighted by Crippen LogP contribution is -2.23. The summed E-state index contributed by atoms with van der Waals surface area (Å²) < 4.78 is 12.9. The molecule has 1 aromatic heterocycles. The van der Waals surface area contributed by atoms with E-state index in [-0.39, 0.29) is 11.7 Å². The van der Waals surface area contributed by atoms with Gasteiger partial charge in [-0.15, -0.1) is 0 Å². The summed E-state index contributed by atoms with van der Waals surface area (Å²) >= 11 is 0. The lowest BCUT2D eigenvalue weighted by atomic mass is 10.2. The highest BCUT2D eigenvalue weighted by atomic mass is 19.1. The molecule has 1 heterocycles. The number of para-hydroxylation sites is 1. The van der Waals surface area contributed by atoms with Gasteiger partial charge < -0.3 is 10.6 Å². The number of nitrogens with one attached hydrogen (secondary N) is 2. The molecule has 0 unspecified atom stereocenters. The van der Waals surface area contributed by atoms with E-state index < -0.39 is 0 Å². The molecule has 3 aromatic rings. The second-order valence-corrected chi connectivity index (χ2v) is 5.71. The molecule has 0 saturated carbocycles. The van der Waals surface area contributed by atoms with Crippen molar-refractivity contribution in [1.29, 1.82) is 0 Å². The number of nitrogens with zero attached hydrogens (tertiary/aromatic N) is 1. The Kier molecular flexibility index (Phi) is 5.04. The molecule has 0 fully saturated rings. The zero-order valence-electron chi connectivity index (χ0n) is 13.8. The van der Waals surface area contributed by atoms with Crippen molar-refractivity contribution in [3.05, 3.63) is 89.5 Å². The molecule has 0 spiro atoms. The number of halogens is 1. The van der Waals surface area contributed by atoms with E-state index >= 15 is 0 Å². The van der Waals surface area contributed by atoms with Crippen LogP contribution in [0.4, 0.5) is 15.8 Å². The van der Waals surface area contributed by atoms with Crippen molar-refractivity contribution in [2.24, 2.45) is 0 Å². The number of amides is 1. The van der Waals surface area contributed by atoms with Crippen LogP contribution in [-0.2, 0) is 6.54 Å². The first-order valence-electron chi connectivity index (χ1n) is 7.92. The zero-order valence-corrected chi connectivity index (χ0v) is 13.8. The van der Waals surface area contributed by atoms with Gasteiger partial charge >= 0.3 is 0 Å². The smallest absolute Gasteiger partial charge is 0.253 e. The third-order valence-electron chi connectivity index (χ3n) is 3.79. The van der Waals surface area contributed by atoms with Crippen molar-refractivity contribution in [3.8, 4) is 0 Å². The van der Waals surface area contributed by atoms with E-state index in [1.807, 2.05) is 31.2 Å². The van der Waals surface area contributed by atoms with Gasteiger partial charge in [-0.2, -0.15) is 0 Å². The van der Waals surface area contributed by atoms with E-state index in [0.29, 0.717) is 12.1 Å². The second kappa shape index (κ2) is 7.57. The molecule has 2 aromatic carbocycles. The highest BCUT2D eigenvalue weighted by Crippen LogP contribution is 2.20. The molecule has 25 heavy (non-hydrogen) atoms. The summed E-state index contributed by atoms with van der Waals surface area (Å²) in [6.07, 6.45) is 3.19. The Balaban J connectivity index is 1.67. The van der Waals surface area contributed by atoms with Gasteiger partial charge in [-0.05, 0) is 42.3 Å². The summed E-state index contributed by atoms with van der Waals surface area (Å²) in [6, 6.07) is 15.7. The lowest BCUT2D eigenvalue weighted by molar-refractivity contribution is 0.0950. The minimum Gasteiger partial charge on any atom is -0.354 e. The third kappa shape index (κ3) is 4.41. The molecule has 0 bridgehead atoms. The van der Waals surface area contributed by atoms with Gasteiger partial charge in [-0.25, -0.2) is 4.39 Å². The highest BCUT2D eigenvalue weighted by Gasteiger charge is 2.08. The monoisotopic (exact) mass is 335 g/mol. The van der Waals surface area contributed by atoms with Crippen LogP contribution >= 0.6 is 0 Å². The van der Waals surface area contributed by atoms with Crippen molar-refractivity contribution in [1.82, 2.24) is 10.3 Å². The van der Waals surface area contributed by atoms with Crippen LogP contribution in [-0.4, -0.2) is 10.9 Å². The number of hydrogen-bond donors (Lipinski definition) is 2. The van der Waals surface area contributed by atoms with E-state index in [9.17, 15) is 9.18 Å². The maximum absolute atomic E-state index is 12.9. The van der Waals surface area contributed by atoms with Crippen molar-refractivity contribution in [2.45, 2.75) is 13.5 Å². The SMILES string of the molecule is Cc1ccccc1Nc1cncc(C(=O)NCc2ccc(F)cc2)c1. The van der Waals surface area contributed by atoms with Crippen LogP contribution in [0.3, 0.4) is 0 Å². The summed E-state index contributed by atoms with van der Waals surface area (Å²) in [7, 11) is 0. The van der Waals surface area contributed by atoms with Gasteiger partial charge in [0.2, 0.25) is 0 Å². The Hall–Kier alpha value is -3.21. The van der Waals surface area contributed by atoms with E-state index in [1.54, 1.807) is 24.4 Å². The van der Waals surface area contributed by atoms with Crippen molar-refractivity contribution in [3.63, 3.8) is 0 Å². The predicted molar refractivity (Wildman–Crippen MR) is 96.3 cm³/mol. The fourth-order valence-electron chi connectivity index (χ4n) is 2.39. The maximum Gasteiger partial charge on any atom is 0.253 e. The van der Waals surface area contributed by atoms with Crippen molar-refractivity contribution < 1.29 is 9.18 Å². The number of carbonyl (C=O) groups is 1. The Morgan fingerprint density at radius 3 is 2.60 bits per heavy atom. The molecule has 0 atom stereocenters. The fraction of sp³-hybridized carbons (Fsp3) is 0.100. The topological polar surface area (TPSA) is 54.0 Å². The molecular weight excluding hydrogens is 317 g/mol. The molecule has 0 aliphatic rings. The van der Waals surface area contributed by atoms with Crippen molar-refractivity contribution >= 4 is 17.3 Å². The summed E-state index contributed by atoms with van der Waals surface area (Å²) in [5.74, 6) is -0.528. The average molecular weight is 335 g/mol. The number of benzene rings is 2. The molecule has 5 heteroatoms. The first-order chi connectivity index (χ1) is 12.1. The van der Waals surface area contributed by atoms with Gasteiger partial charge in [0.25, 0.3) is 5.91 Å². The Morgan fingerprint density at radius 1 is 1.08 bits per heavy atom. The number of aryl methyl sites for hydroxylation is 1. The first kappa shape index (κ1) is 16.6. The van der Waals surface area contributed by atoms with Gasteiger partial charge in [0.1, 0.15) is 5.82 Å². The van der Waals surface area contributed by atoms with Gasteiger partial charge in [0.05, 0.1) is 17.4 Å². The van der Waals surface area contributed by atoms with Crippen molar-refractivity contribution in [2.75, 3.05) is 5.32 Å². The highest BCUT2D eigenvalue weighted by molar-refractivity contribution is 5.94. The normalized spacial score (nSPS) is 10.3. The molecule has 0 aliphatic carbocycles. The molecule has 126 valence electrons. The number of aromatic nitrogens is 1. The molecule has 1 amide bonds. The maximum atomic E-state index is 12.9. The van der Waals surface area contributed by atoms with E-state index in [2.05, 4.69) is 15.6 Å². The first-order valence-corrected chi connectivity index (χ1v) is 7.92. The van der Waals surface area contributed by atoms with E-state index in [0.717, 1.165) is 22.5 Å². The Bertz CT molecular complexity index is 878. The van der Waals surface area contributed by atoms with Crippen LogP contribution in [0, 0.1) is 12.7 Å². The zero-order chi connectivity index (χ0) is 17.6. The van der Waals surface area contributed by atoms with Gasteiger partial charge in [-0.3, -0.25) is 9.78 Å². The predicted octanol–water partition coefficient (Wildman–Crippen LogP) is 4.20. The fourth-order valence-corrected chi connectivity index (χ4v) is 2.39. The van der Waals surface area contributed by atoms with Gasteiger partial charge in [0, 0.05) is 18.4 Å². The lowest BCUT2D eigenvalue weighted by Gasteiger charge is -2.10. The summed E-state index contributed by atoms with van der Waals surface area (Å²) in [5.41, 5.74) is 4.10. The number of anilines is 2. The largest absolute Gasteiger partial charge is 0.354 e. The number of rotatable bonds is 5. The molecule has 4 nitrogen and oxygen atoms in total. The molecule has 3 rings (SSSR count). The van der Waals surface area contributed by atoms with Gasteiger partial charge in [-0.1, -0.05) is 30.3 Å². The molecule has 0 radical (unpaired) electrons. The standard InChI is InChI=1S/C20H18FN3O/c1-14-4-2-3-5-19(14)24-18-10-16(12-22-13-18)20(25)23-11-15-6-8-17(21)9-7-15/h2-10,12-13,24H,11H2,1H3,(H,23,25).